The molecule has 2 aromatic rings. The molecule has 0 bridgehead atoms. The number of nitrogens with zero attached hydrogens (tertiary/aromatic N) is 4. The van der Waals surface area contributed by atoms with Gasteiger partial charge in [-0.05, 0) is 64.2 Å². The van der Waals surface area contributed by atoms with Crippen molar-refractivity contribution in [1.82, 2.24) is 20.2 Å². The van der Waals surface area contributed by atoms with Crippen LogP contribution in [0.15, 0.2) is 24.3 Å². The van der Waals surface area contributed by atoms with E-state index < -0.39 is 0 Å². The van der Waals surface area contributed by atoms with Gasteiger partial charge >= 0.3 is 0 Å². The molecule has 15 heavy (non-hydrogen) atoms. The van der Waals surface area contributed by atoms with E-state index in [-0.39, 0.29) is 5.38 Å². The van der Waals surface area contributed by atoms with Crippen molar-refractivity contribution in [2.75, 3.05) is 0 Å². The second-order valence-electron chi connectivity index (χ2n) is 3.04. The summed E-state index contributed by atoms with van der Waals surface area (Å²) in [6, 6.07) is 7.92. The minimum atomic E-state index is -0.209. The van der Waals surface area contributed by atoms with Gasteiger partial charge in [0.15, 0.2) is 5.82 Å². The second-order valence-corrected chi connectivity index (χ2v) is 4.94. The fourth-order valence-electron chi connectivity index (χ4n) is 1.21. The van der Waals surface area contributed by atoms with Gasteiger partial charge in [0.2, 0.25) is 0 Å². The van der Waals surface area contributed by atoms with E-state index in [9.17, 15) is 0 Å². The molecule has 2 rings (SSSR count). The first-order valence-corrected chi connectivity index (χ1v) is 5.88. The van der Waals surface area contributed by atoms with E-state index in [1.807, 2.05) is 31.2 Å². The molecular weight excluding hydrogens is 326 g/mol. The van der Waals surface area contributed by atoms with E-state index in [1.54, 1.807) is 4.68 Å². The van der Waals surface area contributed by atoms with E-state index in [0.29, 0.717) is 5.82 Å². The molecule has 1 atom stereocenters. The third-order valence-corrected chi connectivity index (χ3v) is 2.83. The van der Waals surface area contributed by atoms with E-state index in [2.05, 4.69) is 38.1 Å². The molecule has 1 unspecified atom stereocenters. The normalized spacial score (nSPS) is 12.7. The summed E-state index contributed by atoms with van der Waals surface area (Å²) in [6.07, 6.45) is 0. The molecule has 1 aromatic heterocycles. The van der Waals surface area contributed by atoms with Gasteiger partial charge in [0.1, 0.15) is 0 Å². The van der Waals surface area contributed by atoms with Gasteiger partial charge in [0.25, 0.3) is 0 Å². The molecule has 1 aromatic carbocycles. The van der Waals surface area contributed by atoms with Crippen LogP contribution in [0.3, 0.4) is 0 Å². The Kier molecular flexibility index (Phi) is 3.20. The van der Waals surface area contributed by atoms with Crippen LogP contribution in [-0.2, 0) is 0 Å². The van der Waals surface area contributed by atoms with Crippen LogP contribution in [0.25, 0.3) is 5.69 Å². The summed E-state index contributed by atoms with van der Waals surface area (Å²) < 4.78 is 2.82. The van der Waals surface area contributed by atoms with Gasteiger partial charge in [-0.3, -0.25) is 0 Å². The van der Waals surface area contributed by atoms with Crippen molar-refractivity contribution < 1.29 is 0 Å². The Balaban J connectivity index is 2.45. The van der Waals surface area contributed by atoms with E-state index >= 15 is 0 Å². The van der Waals surface area contributed by atoms with Crippen molar-refractivity contribution in [2.45, 2.75) is 12.3 Å². The quantitative estimate of drug-likeness (QED) is 0.626. The molecule has 78 valence electrons. The molecule has 0 radical (unpaired) electrons. The Morgan fingerprint density at radius 2 is 2.00 bits per heavy atom. The van der Waals surface area contributed by atoms with Crippen LogP contribution in [0, 0.1) is 3.57 Å². The number of tetrazole rings is 1. The lowest BCUT2D eigenvalue weighted by atomic mass is 10.3. The lowest BCUT2D eigenvalue weighted by molar-refractivity contribution is 0.760. The highest BCUT2D eigenvalue weighted by Crippen LogP contribution is 2.19. The molecule has 6 heteroatoms. The monoisotopic (exact) mass is 334 g/mol. The minimum absolute atomic E-state index is 0.209. The van der Waals surface area contributed by atoms with Crippen molar-refractivity contribution in [3.05, 3.63) is 33.7 Å². The highest BCUT2D eigenvalue weighted by atomic mass is 127. The van der Waals surface area contributed by atoms with Crippen LogP contribution in [0.2, 0.25) is 0 Å². The van der Waals surface area contributed by atoms with E-state index in [1.165, 1.54) is 3.57 Å². The number of benzene rings is 1. The third kappa shape index (κ3) is 2.28. The Hall–Kier alpha value is -0.690. The Bertz CT molecular complexity index is 451. The topological polar surface area (TPSA) is 43.6 Å². The summed E-state index contributed by atoms with van der Waals surface area (Å²) in [5, 5.41) is 11.2. The summed E-state index contributed by atoms with van der Waals surface area (Å²) in [5.41, 5.74) is 0.919. The Morgan fingerprint density at radius 1 is 1.33 bits per heavy atom. The number of aromatic nitrogens is 4. The third-order valence-electron chi connectivity index (χ3n) is 1.92. The Labute approximate surface area is 106 Å². The highest BCUT2D eigenvalue weighted by molar-refractivity contribution is 14.1. The van der Waals surface area contributed by atoms with Gasteiger partial charge < -0.3 is 0 Å². The first kappa shape index (κ1) is 10.8. The fraction of sp³-hybridized carbons (Fsp3) is 0.222. The lowest BCUT2D eigenvalue weighted by Crippen LogP contribution is -2.03. The zero-order valence-corrected chi connectivity index (χ0v) is 10.8. The van der Waals surface area contributed by atoms with Gasteiger partial charge in [-0.15, -0.1) is 16.7 Å². The smallest absolute Gasteiger partial charge is 0.174 e. The first-order valence-electron chi connectivity index (χ1n) is 4.37. The SMILES string of the molecule is CC(Cl)c1nnnn1-c1ccc(I)cc1. The van der Waals surface area contributed by atoms with E-state index in [4.69, 9.17) is 11.6 Å². The van der Waals surface area contributed by atoms with Crippen molar-refractivity contribution in [3.8, 4) is 5.69 Å². The van der Waals surface area contributed by atoms with Gasteiger partial charge in [0.05, 0.1) is 11.1 Å². The second kappa shape index (κ2) is 4.44. The molecule has 0 saturated carbocycles. The summed E-state index contributed by atoms with van der Waals surface area (Å²) in [4.78, 5) is 0. The molecule has 0 fully saturated rings. The molecule has 0 N–H and O–H groups in total. The zero-order valence-electron chi connectivity index (χ0n) is 7.93. The van der Waals surface area contributed by atoms with Crippen LogP contribution in [0.4, 0.5) is 0 Å². The molecule has 0 amide bonds. The average molecular weight is 335 g/mol. The minimum Gasteiger partial charge on any atom is -0.196 e. The van der Waals surface area contributed by atoms with Gasteiger partial charge in [-0.25, -0.2) is 0 Å². The first-order chi connectivity index (χ1) is 7.18. The summed E-state index contributed by atoms with van der Waals surface area (Å²) in [6.45, 7) is 1.84. The lowest BCUT2D eigenvalue weighted by Gasteiger charge is -2.05. The van der Waals surface area contributed by atoms with Gasteiger partial charge in [-0.1, -0.05) is 0 Å². The number of alkyl halides is 1. The van der Waals surface area contributed by atoms with Crippen LogP contribution in [0.5, 0.6) is 0 Å². The maximum atomic E-state index is 5.97. The predicted molar refractivity (Wildman–Crippen MR) is 66.1 cm³/mol. The molecular formula is C9H8ClIN4. The number of halogens is 2. The number of rotatable bonds is 2. The summed E-state index contributed by atoms with van der Waals surface area (Å²) in [7, 11) is 0. The Morgan fingerprint density at radius 3 is 2.60 bits per heavy atom. The predicted octanol–water partition coefficient (Wildman–Crippen LogP) is 2.57. The maximum Gasteiger partial charge on any atom is 0.174 e. The largest absolute Gasteiger partial charge is 0.196 e. The summed E-state index contributed by atoms with van der Waals surface area (Å²) in [5.74, 6) is 0.651. The summed E-state index contributed by atoms with van der Waals surface area (Å²) >= 11 is 8.22. The number of hydrogen-bond acceptors (Lipinski definition) is 3. The number of hydrogen-bond donors (Lipinski definition) is 0. The molecule has 0 aliphatic carbocycles. The average Bonchev–Trinajstić information content (AvgIpc) is 2.67. The van der Waals surface area contributed by atoms with Gasteiger partial charge in [0, 0.05) is 3.57 Å². The highest BCUT2D eigenvalue weighted by Gasteiger charge is 2.12. The standard InChI is InChI=1S/C9H8ClIN4/c1-6(10)9-12-13-14-15(9)8-4-2-7(11)3-5-8/h2-6H,1H3. The van der Waals surface area contributed by atoms with Crippen molar-refractivity contribution in [2.24, 2.45) is 0 Å². The van der Waals surface area contributed by atoms with Crippen LogP contribution in [0.1, 0.15) is 18.1 Å². The van der Waals surface area contributed by atoms with Crippen molar-refractivity contribution >= 4 is 34.2 Å². The van der Waals surface area contributed by atoms with Crippen LogP contribution in [-0.4, -0.2) is 20.2 Å². The van der Waals surface area contributed by atoms with Crippen LogP contribution < -0.4 is 0 Å². The van der Waals surface area contributed by atoms with Crippen molar-refractivity contribution in [1.29, 1.82) is 0 Å². The molecule has 4 nitrogen and oxygen atoms in total. The molecule has 0 aliphatic rings. The molecule has 1 heterocycles. The van der Waals surface area contributed by atoms with E-state index in [0.717, 1.165) is 5.69 Å². The van der Waals surface area contributed by atoms with Gasteiger partial charge in [-0.2, -0.15) is 4.68 Å². The van der Waals surface area contributed by atoms with Crippen molar-refractivity contribution in [3.63, 3.8) is 0 Å². The zero-order chi connectivity index (χ0) is 10.8. The fourth-order valence-corrected chi connectivity index (χ4v) is 1.70. The van der Waals surface area contributed by atoms with Crippen LogP contribution >= 0.6 is 34.2 Å². The molecule has 0 spiro atoms. The molecule has 0 saturated heterocycles. The molecule has 0 aliphatic heterocycles. The maximum absolute atomic E-state index is 5.97.